The van der Waals surface area contributed by atoms with Crippen LogP contribution in [0.5, 0.6) is 0 Å². The Kier molecular flexibility index (Phi) is 2.54. The summed E-state index contributed by atoms with van der Waals surface area (Å²) in [4.78, 5) is 23.2. The Morgan fingerprint density at radius 2 is 2.00 bits per heavy atom. The molecule has 5 heteroatoms. The number of carbonyl (C=O) groups is 2. The minimum Gasteiger partial charge on any atom is -0.481 e. The van der Waals surface area contributed by atoms with Crippen LogP contribution in [0.15, 0.2) is 0 Å². The molecule has 1 saturated heterocycles. The van der Waals surface area contributed by atoms with Crippen molar-refractivity contribution in [1.29, 1.82) is 0 Å². The Morgan fingerprint density at radius 1 is 1.33 bits per heavy atom. The van der Waals surface area contributed by atoms with Crippen LogP contribution in [0, 0.1) is 17.3 Å². The minimum absolute atomic E-state index is 0.139. The average molecular weight is 254 g/mol. The maximum atomic E-state index is 11.9. The Hall–Kier alpha value is -0.940. The summed E-state index contributed by atoms with van der Waals surface area (Å²) in [6.45, 7) is 3.15. The number of hydrogen-bond donors (Lipinski definition) is 1. The van der Waals surface area contributed by atoms with Crippen LogP contribution in [-0.2, 0) is 19.1 Å². The van der Waals surface area contributed by atoms with E-state index in [0.717, 1.165) is 0 Å². The highest BCUT2D eigenvalue weighted by Crippen LogP contribution is 2.61. The molecule has 0 amide bonds. The van der Waals surface area contributed by atoms with Crippen LogP contribution in [0.25, 0.3) is 0 Å². The van der Waals surface area contributed by atoms with Gasteiger partial charge in [0, 0.05) is 18.3 Å². The SMILES string of the molecule is C[C@@]12CCC(=O)C(C(=O)O)[C@H]1CCC21OCCO1. The van der Waals surface area contributed by atoms with Crippen molar-refractivity contribution in [3.8, 4) is 0 Å². The van der Waals surface area contributed by atoms with Gasteiger partial charge >= 0.3 is 5.97 Å². The molecular weight excluding hydrogens is 236 g/mol. The van der Waals surface area contributed by atoms with Crippen molar-refractivity contribution in [2.75, 3.05) is 13.2 Å². The molecular formula is C13H18O5. The largest absolute Gasteiger partial charge is 0.481 e. The molecule has 1 spiro atoms. The van der Waals surface area contributed by atoms with Gasteiger partial charge in [0.25, 0.3) is 0 Å². The Bertz CT molecular complexity index is 398. The lowest BCUT2D eigenvalue weighted by Gasteiger charge is -2.46. The molecule has 1 unspecified atom stereocenters. The number of carboxylic acids is 1. The van der Waals surface area contributed by atoms with Crippen molar-refractivity contribution in [2.24, 2.45) is 17.3 Å². The lowest BCUT2D eigenvalue weighted by molar-refractivity contribution is -0.233. The maximum absolute atomic E-state index is 11.9. The lowest BCUT2D eigenvalue weighted by atomic mass is 9.62. The fourth-order valence-corrected chi connectivity index (χ4v) is 4.14. The van der Waals surface area contributed by atoms with Gasteiger partial charge in [-0.15, -0.1) is 0 Å². The number of aliphatic carboxylic acids is 1. The van der Waals surface area contributed by atoms with Crippen molar-refractivity contribution >= 4 is 11.8 Å². The van der Waals surface area contributed by atoms with Crippen LogP contribution in [0.2, 0.25) is 0 Å². The third-order valence-corrected chi connectivity index (χ3v) is 5.13. The third kappa shape index (κ3) is 1.34. The zero-order chi connectivity index (χ0) is 13.0. The fraction of sp³-hybridized carbons (Fsp3) is 0.846. The third-order valence-electron chi connectivity index (χ3n) is 5.13. The van der Waals surface area contributed by atoms with E-state index in [9.17, 15) is 14.7 Å². The van der Waals surface area contributed by atoms with Gasteiger partial charge in [-0.25, -0.2) is 0 Å². The van der Waals surface area contributed by atoms with E-state index in [1.54, 1.807) is 0 Å². The molecule has 3 aliphatic rings. The summed E-state index contributed by atoms with van der Waals surface area (Å²) in [5, 5.41) is 9.30. The van der Waals surface area contributed by atoms with E-state index < -0.39 is 17.7 Å². The summed E-state index contributed by atoms with van der Waals surface area (Å²) in [5.74, 6) is -2.82. The van der Waals surface area contributed by atoms with Crippen LogP contribution < -0.4 is 0 Å². The van der Waals surface area contributed by atoms with Crippen LogP contribution in [0.1, 0.15) is 32.6 Å². The molecule has 3 fully saturated rings. The number of ketones is 1. The molecule has 0 aromatic carbocycles. The number of fused-ring (bicyclic) bond motifs is 2. The van der Waals surface area contributed by atoms with Gasteiger partial charge in [-0.1, -0.05) is 6.92 Å². The maximum Gasteiger partial charge on any atom is 0.314 e. The number of Topliss-reactive ketones (excluding diaryl/α,β-unsaturated/α-hetero) is 1. The first-order chi connectivity index (χ1) is 8.50. The summed E-state index contributed by atoms with van der Waals surface area (Å²) in [5.41, 5.74) is -0.347. The summed E-state index contributed by atoms with van der Waals surface area (Å²) in [6, 6.07) is 0. The molecule has 1 heterocycles. The summed E-state index contributed by atoms with van der Waals surface area (Å²) in [7, 11) is 0. The van der Waals surface area contributed by atoms with Gasteiger partial charge in [0.15, 0.2) is 5.79 Å². The molecule has 18 heavy (non-hydrogen) atoms. The molecule has 100 valence electrons. The summed E-state index contributed by atoms with van der Waals surface area (Å²) >= 11 is 0. The first-order valence-corrected chi connectivity index (χ1v) is 6.54. The normalized spacial score (nSPS) is 42.2. The van der Waals surface area contributed by atoms with Gasteiger partial charge in [0.2, 0.25) is 0 Å². The zero-order valence-corrected chi connectivity index (χ0v) is 10.5. The van der Waals surface area contributed by atoms with Gasteiger partial charge in [-0.3, -0.25) is 9.59 Å². The van der Waals surface area contributed by atoms with E-state index in [2.05, 4.69) is 0 Å². The zero-order valence-electron chi connectivity index (χ0n) is 10.5. The second-order valence-corrected chi connectivity index (χ2v) is 5.79. The highest BCUT2D eigenvalue weighted by atomic mass is 16.7. The van der Waals surface area contributed by atoms with Crippen LogP contribution in [-0.4, -0.2) is 35.9 Å². The van der Waals surface area contributed by atoms with E-state index in [1.165, 1.54) is 0 Å². The summed E-state index contributed by atoms with van der Waals surface area (Å²) < 4.78 is 11.6. The number of carboxylic acid groups (broad SMARTS) is 1. The molecule has 1 aliphatic heterocycles. The number of hydrogen-bond acceptors (Lipinski definition) is 4. The van der Waals surface area contributed by atoms with E-state index >= 15 is 0 Å². The van der Waals surface area contributed by atoms with Crippen molar-refractivity contribution in [3.05, 3.63) is 0 Å². The summed E-state index contributed by atoms with van der Waals surface area (Å²) in [6.07, 6.45) is 2.38. The molecule has 2 aliphatic carbocycles. The minimum atomic E-state index is -0.994. The van der Waals surface area contributed by atoms with E-state index in [0.29, 0.717) is 38.9 Å². The molecule has 0 bridgehead atoms. The van der Waals surface area contributed by atoms with Crippen LogP contribution >= 0.6 is 0 Å². The van der Waals surface area contributed by atoms with E-state index in [4.69, 9.17) is 9.47 Å². The van der Waals surface area contributed by atoms with E-state index in [-0.39, 0.29) is 17.1 Å². The van der Waals surface area contributed by atoms with Crippen LogP contribution in [0.4, 0.5) is 0 Å². The van der Waals surface area contributed by atoms with Crippen LogP contribution in [0.3, 0.4) is 0 Å². The molecule has 0 aromatic rings. The molecule has 1 N–H and O–H groups in total. The first-order valence-electron chi connectivity index (χ1n) is 6.54. The quantitative estimate of drug-likeness (QED) is 0.712. The smallest absolute Gasteiger partial charge is 0.314 e. The van der Waals surface area contributed by atoms with Gasteiger partial charge in [0.1, 0.15) is 11.7 Å². The second-order valence-electron chi connectivity index (χ2n) is 5.79. The van der Waals surface area contributed by atoms with Crippen molar-refractivity contribution in [2.45, 2.75) is 38.4 Å². The molecule has 5 nitrogen and oxygen atoms in total. The predicted octanol–water partition coefficient (Wildman–Crippen LogP) is 1.21. The number of carbonyl (C=O) groups excluding carboxylic acids is 1. The highest BCUT2D eigenvalue weighted by molar-refractivity contribution is 5.99. The van der Waals surface area contributed by atoms with Gasteiger partial charge in [-0.05, 0) is 18.8 Å². The first kappa shape index (κ1) is 12.1. The van der Waals surface area contributed by atoms with E-state index in [1.807, 2.05) is 6.92 Å². The Balaban J connectivity index is 1.98. The van der Waals surface area contributed by atoms with Gasteiger partial charge < -0.3 is 14.6 Å². The average Bonchev–Trinajstić information content (AvgIpc) is 2.89. The van der Waals surface area contributed by atoms with Crippen molar-refractivity contribution < 1.29 is 24.2 Å². The number of ether oxygens (including phenoxy) is 2. The predicted molar refractivity (Wildman–Crippen MR) is 60.8 cm³/mol. The monoisotopic (exact) mass is 254 g/mol. The van der Waals surface area contributed by atoms with Crippen molar-refractivity contribution in [1.82, 2.24) is 0 Å². The second kappa shape index (κ2) is 3.78. The molecule has 2 saturated carbocycles. The van der Waals surface area contributed by atoms with Gasteiger partial charge in [-0.2, -0.15) is 0 Å². The molecule has 0 radical (unpaired) electrons. The Labute approximate surface area is 105 Å². The standard InChI is InChI=1S/C13H18O5/c1-12-4-3-9(14)10(11(15)16)8(12)2-5-13(12)17-6-7-18-13/h8,10H,2-7H2,1H3,(H,15,16)/t8-,10?,12-/m1/s1. The van der Waals surface area contributed by atoms with Gasteiger partial charge in [0.05, 0.1) is 13.2 Å². The molecule has 3 atom stereocenters. The highest BCUT2D eigenvalue weighted by Gasteiger charge is 2.66. The molecule has 3 rings (SSSR count). The number of rotatable bonds is 1. The fourth-order valence-electron chi connectivity index (χ4n) is 4.14. The topological polar surface area (TPSA) is 72.8 Å². The lowest BCUT2D eigenvalue weighted by Crippen LogP contribution is -2.52. The van der Waals surface area contributed by atoms with Crippen molar-refractivity contribution in [3.63, 3.8) is 0 Å². The molecule has 0 aromatic heterocycles. The Morgan fingerprint density at radius 3 is 2.61 bits per heavy atom.